The van der Waals surface area contributed by atoms with Crippen LogP contribution in [-0.2, 0) is 9.59 Å². The molecule has 2 amide bonds. The predicted octanol–water partition coefficient (Wildman–Crippen LogP) is 1.25. The first-order chi connectivity index (χ1) is 13.1. The zero-order valence-corrected chi connectivity index (χ0v) is 15.2. The molecule has 0 aromatic heterocycles. The smallest absolute Gasteiger partial charge is 0.343 e. The number of nitro groups is 1. The maximum atomic E-state index is 13.0. The molecule has 11 nitrogen and oxygen atoms in total. The Labute approximate surface area is 159 Å². The molecule has 0 saturated heterocycles. The number of aromatic carboxylic acids is 1. The first-order valence-electron chi connectivity index (χ1n) is 8.44. The fourth-order valence-electron chi connectivity index (χ4n) is 2.67. The summed E-state index contributed by atoms with van der Waals surface area (Å²) in [5, 5.41) is 30.0. The van der Waals surface area contributed by atoms with Crippen molar-refractivity contribution in [3.63, 3.8) is 0 Å². The topological polar surface area (TPSA) is 181 Å². The van der Waals surface area contributed by atoms with Gasteiger partial charge in [-0.2, -0.15) is 0 Å². The van der Waals surface area contributed by atoms with E-state index in [0.717, 1.165) is 23.1 Å². The van der Waals surface area contributed by atoms with E-state index >= 15 is 0 Å². The lowest BCUT2D eigenvalue weighted by molar-refractivity contribution is -0.385. The molecule has 0 heterocycles. The average molecular weight is 395 g/mol. The summed E-state index contributed by atoms with van der Waals surface area (Å²) in [7, 11) is 0. The number of amides is 2. The van der Waals surface area contributed by atoms with Gasteiger partial charge in [-0.15, -0.1) is 0 Å². The number of primary amides is 1. The quantitative estimate of drug-likeness (QED) is 0.369. The molecule has 0 aliphatic carbocycles. The van der Waals surface area contributed by atoms with Crippen molar-refractivity contribution in [3.8, 4) is 0 Å². The molecule has 152 valence electrons. The van der Waals surface area contributed by atoms with Gasteiger partial charge in [0.05, 0.1) is 10.5 Å². The molecule has 0 radical (unpaired) electrons. The Balaban J connectivity index is 3.46. The van der Waals surface area contributed by atoms with Crippen LogP contribution in [-0.4, -0.2) is 56.4 Å². The molecule has 1 rings (SSSR count). The van der Waals surface area contributed by atoms with Gasteiger partial charge in [-0.25, -0.2) is 9.59 Å². The maximum absolute atomic E-state index is 13.0. The van der Waals surface area contributed by atoms with Crippen molar-refractivity contribution < 1.29 is 34.3 Å². The Morgan fingerprint density at radius 1 is 1.25 bits per heavy atom. The third-order valence-electron chi connectivity index (χ3n) is 4.02. The molecular formula is C17H21N3O8. The normalized spacial score (nSPS) is 11.5. The summed E-state index contributed by atoms with van der Waals surface area (Å²) in [5.74, 6) is -4.81. The fraction of sp³-hybridized carbons (Fsp3) is 0.412. The third kappa shape index (κ3) is 5.50. The number of nitrogens with two attached hydrogens (primary N) is 1. The van der Waals surface area contributed by atoms with Gasteiger partial charge < -0.3 is 20.8 Å². The molecule has 0 saturated carbocycles. The van der Waals surface area contributed by atoms with Crippen LogP contribution in [0.25, 0.3) is 0 Å². The number of hydrogen-bond acceptors (Lipinski definition) is 6. The molecule has 1 aromatic rings. The second-order valence-electron chi connectivity index (χ2n) is 5.97. The predicted molar refractivity (Wildman–Crippen MR) is 95.9 cm³/mol. The summed E-state index contributed by atoms with van der Waals surface area (Å²) < 4.78 is 0. The molecule has 11 heteroatoms. The monoisotopic (exact) mass is 395 g/mol. The minimum Gasteiger partial charge on any atom is -0.480 e. The van der Waals surface area contributed by atoms with E-state index in [4.69, 9.17) is 5.73 Å². The molecule has 0 unspecified atom stereocenters. The van der Waals surface area contributed by atoms with Crippen molar-refractivity contribution in [3.05, 3.63) is 39.4 Å². The summed E-state index contributed by atoms with van der Waals surface area (Å²) in [6.45, 7) is 1.77. The van der Waals surface area contributed by atoms with E-state index in [-0.39, 0.29) is 19.4 Å². The zero-order chi connectivity index (χ0) is 21.4. The van der Waals surface area contributed by atoms with Crippen molar-refractivity contribution in [1.82, 2.24) is 4.90 Å². The third-order valence-corrected chi connectivity index (χ3v) is 4.02. The summed E-state index contributed by atoms with van der Waals surface area (Å²) in [6, 6.07) is 1.74. The van der Waals surface area contributed by atoms with E-state index in [1.807, 2.05) is 0 Å². The van der Waals surface area contributed by atoms with Gasteiger partial charge in [0.25, 0.3) is 11.6 Å². The number of unbranched alkanes of at least 4 members (excludes halogenated alkanes) is 1. The molecule has 1 aromatic carbocycles. The number of aliphatic carboxylic acids is 1. The standard InChI is InChI=1S/C17H21N3O8/c1-2-3-9-19(12(16(23)24)7-8-13(18)21)15(22)10-5-4-6-11(20(27)28)14(10)17(25)26/h4-6,12H,2-3,7-9H2,1H3,(H2,18,21)(H,23,24)(H,25,26)/t12-/m0/s1. The first-order valence-corrected chi connectivity index (χ1v) is 8.44. The van der Waals surface area contributed by atoms with Gasteiger partial charge in [0.15, 0.2) is 0 Å². The van der Waals surface area contributed by atoms with Crippen LogP contribution in [0.5, 0.6) is 0 Å². The van der Waals surface area contributed by atoms with Crippen LogP contribution < -0.4 is 5.73 Å². The highest BCUT2D eigenvalue weighted by Crippen LogP contribution is 2.25. The van der Waals surface area contributed by atoms with Gasteiger partial charge in [-0.1, -0.05) is 19.4 Å². The Bertz CT molecular complexity index is 793. The minimum absolute atomic E-state index is 0.0349. The summed E-state index contributed by atoms with van der Waals surface area (Å²) >= 11 is 0. The largest absolute Gasteiger partial charge is 0.480 e. The zero-order valence-electron chi connectivity index (χ0n) is 15.2. The molecule has 0 fully saturated rings. The van der Waals surface area contributed by atoms with Crippen LogP contribution in [0.3, 0.4) is 0 Å². The number of hydrogen-bond donors (Lipinski definition) is 3. The Morgan fingerprint density at radius 2 is 1.89 bits per heavy atom. The second-order valence-corrected chi connectivity index (χ2v) is 5.97. The number of carboxylic acid groups (broad SMARTS) is 2. The summed E-state index contributed by atoms with van der Waals surface area (Å²) in [6.07, 6.45) is 0.446. The van der Waals surface area contributed by atoms with Crippen LogP contribution in [0.4, 0.5) is 5.69 Å². The molecule has 0 aliphatic heterocycles. The lowest BCUT2D eigenvalue weighted by Crippen LogP contribution is -2.46. The van der Waals surface area contributed by atoms with Gasteiger partial charge >= 0.3 is 11.9 Å². The fourth-order valence-corrected chi connectivity index (χ4v) is 2.67. The number of benzene rings is 1. The minimum atomic E-state index is -1.69. The van der Waals surface area contributed by atoms with Crippen LogP contribution >= 0.6 is 0 Å². The van der Waals surface area contributed by atoms with Crippen molar-refractivity contribution in [2.75, 3.05) is 6.54 Å². The van der Waals surface area contributed by atoms with E-state index < -0.39 is 51.5 Å². The lowest BCUT2D eigenvalue weighted by Gasteiger charge is -2.29. The van der Waals surface area contributed by atoms with Crippen LogP contribution in [0.1, 0.15) is 53.3 Å². The second kappa shape index (κ2) is 10.00. The van der Waals surface area contributed by atoms with E-state index in [2.05, 4.69) is 0 Å². The van der Waals surface area contributed by atoms with E-state index in [1.165, 1.54) is 0 Å². The van der Waals surface area contributed by atoms with E-state index in [0.29, 0.717) is 12.8 Å². The van der Waals surface area contributed by atoms with Gasteiger partial charge in [0, 0.05) is 19.0 Å². The highest BCUT2D eigenvalue weighted by molar-refractivity contribution is 6.08. The van der Waals surface area contributed by atoms with Gasteiger partial charge in [0.1, 0.15) is 11.6 Å². The number of nitrogens with zero attached hydrogens (tertiary/aromatic N) is 2. The van der Waals surface area contributed by atoms with E-state index in [9.17, 15) is 39.5 Å². The van der Waals surface area contributed by atoms with E-state index in [1.54, 1.807) is 6.92 Å². The Hall–Kier alpha value is -3.50. The summed E-state index contributed by atoms with van der Waals surface area (Å²) in [5.41, 5.74) is 2.96. The van der Waals surface area contributed by atoms with Crippen molar-refractivity contribution in [2.24, 2.45) is 5.73 Å². The highest BCUT2D eigenvalue weighted by Gasteiger charge is 2.34. The van der Waals surface area contributed by atoms with Gasteiger partial charge in [-0.3, -0.25) is 19.7 Å². The van der Waals surface area contributed by atoms with Crippen LogP contribution in [0.2, 0.25) is 0 Å². The molecule has 4 N–H and O–H groups in total. The Morgan fingerprint density at radius 3 is 2.36 bits per heavy atom. The number of carbonyl (C=O) groups excluding carboxylic acids is 2. The number of rotatable bonds is 11. The van der Waals surface area contributed by atoms with Crippen molar-refractivity contribution >= 4 is 29.4 Å². The number of nitro benzene ring substituents is 1. The van der Waals surface area contributed by atoms with Crippen molar-refractivity contribution in [2.45, 2.75) is 38.6 Å². The summed E-state index contributed by atoms with van der Waals surface area (Å²) in [4.78, 5) is 58.4. The molecule has 0 bridgehead atoms. The number of carbonyl (C=O) groups is 4. The van der Waals surface area contributed by atoms with Gasteiger partial charge in [-0.05, 0) is 18.9 Å². The molecule has 28 heavy (non-hydrogen) atoms. The van der Waals surface area contributed by atoms with Gasteiger partial charge in [0.2, 0.25) is 5.91 Å². The maximum Gasteiger partial charge on any atom is 0.343 e. The van der Waals surface area contributed by atoms with Crippen molar-refractivity contribution in [1.29, 1.82) is 0 Å². The average Bonchev–Trinajstić information content (AvgIpc) is 2.62. The number of carboxylic acids is 2. The van der Waals surface area contributed by atoms with Crippen LogP contribution in [0, 0.1) is 10.1 Å². The molecule has 0 spiro atoms. The molecule has 1 atom stereocenters. The highest BCUT2D eigenvalue weighted by atomic mass is 16.6. The Kier molecular flexibility index (Phi) is 8.05. The molecule has 0 aliphatic rings. The molecular weight excluding hydrogens is 374 g/mol. The lowest BCUT2D eigenvalue weighted by atomic mass is 10.0. The SMILES string of the molecule is CCCCN(C(=O)c1cccc([N+](=O)[O-])c1C(=O)O)[C@@H](CCC(N)=O)C(=O)O. The van der Waals surface area contributed by atoms with Crippen LogP contribution in [0.15, 0.2) is 18.2 Å². The first kappa shape index (κ1) is 22.5.